The SMILES string of the molecule is Cc1nc2sccn2c1C(=O)c1ccc(NC(=O)c2ccc(F)cc2)cc1. The number of imidazole rings is 1. The van der Waals surface area contributed by atoms with Gasteiger partial charge in [-0.25, -0.2) is 9.37 Å². The molecule has 5 nitrogen and oxygen atoms in total. The zero-order valence-corrected chi connectivity index (χ0v) is 15.1. The molecule has 2 aromatic carbocycles. The second-order valence-electron chi connectivity index (χ2n) is 5.97. The summed E-state index contributed by atoms with van der Waals surface area (Å²) in [6.07, 6.45) is 1.82. The number of halogens is 1. The Morgan fingerprint density at radius 2 is 1.70 bits per heavy atom. The van der Waals surface area contributed by atoms with Crippen molar-refractivity contribution in [3.8, 4) is 0 Å². The second-order valence-corrected chi connectivity index (χ2v) is 6.84. The molecule has 0 bridgehead atoms. The van der Waals surface area contributed by atoms with E-state index in [9.17, 15) is 14.0 Å². The number of fused-ring (bicyclic) bond motifs is 1. The fourth-order valence-corrected chi connectivity index (χ4v) is 3.57. The van der Waals surface area contributed by atoms with E-state index in [1.807, 2.05) is 18.5 Å². The zero-order chi connectivity index (χ0) is 19.0. The Balaban J connectivity index is 1.54. The lowest BCUT2D eigenvalue weighted by molar-refractivity contribution is 0.102. The van der Waals surface area contributed by atoms with E-state index in [0.717, 1.165) is 4.96 Å². The minimum absolute atomic E-state index is 0.130. The highest BCUT2D eigenvalue weighted by atomic mass is 32.1. The number of amides is 1. The van der Waals surface area contributed by atoms with Crippen molar-refractivity contribution in [2.75, 3.05) is 5.32 Å². The van der Waals surface area contributed by atoms with Crippen LogP contribution in [0.15, 0.2) is 60.1 Å². The molecule has 0 aliphatic carbocycles. The molecule has 2 aromatic heterocycles. The Kier molecular flexibility index (Phi) is 4.29. The fraction of sp³-hybridized carbons (Fsp3) is 0.0500. The van der Waals surface area contributed by atoms with Gasteiger partial charge in [-0.05, 0) is 55.5 Å². The third kappa shape index (κ3) is 3.24. The van der Waals surface area contributed by atoms with E-state index in [0.29, 0.717) is 28.2 Å². The van der Waals surface area contributed by atoms with Crippen molar-refractivity contribution in [2.45, 2.75) is 6.92 Å². The average molecular weight is 379 g/mol. The van der Waals surface area contributed by atoms with Crippen LogP contribution in [0.1, 0.15) is 32.1 Å². The van der Waals surface area contributed by atoms with Crippen LogP contribution in [-0.2, 0) is 0 Å². The molecular formula is C20H14FN3O2S. The number of hydrogen-bond acceptors (Lipinski definition) is 4. The summed E-state index contributed by atoms with van der Waals surface area (Å²) in [6.45, 7) is 1.81. The molecule has 0 spiro atoms. The molecule has 0 saturated carbocycles. The highest BCUT2D eigenvalue weighted by Crippen LogP contribution is 2.21. The molecule has 0 aliphatic heterocycles. The molecule has 0 fully saturated rings. The number of carbonyl (C=O) groups is 2. The number of nitrogens with one attached hydrogen (secondary N) is 1. The number of thiazole rings is 1. The predicted octanol–water partition coefficient (Wildman–Crippen LogP) is 4.33. The lowest BCUT2D eigenvalue weighted by Crippen LogP contribution is -2.12. The topological polar surface area (TPSA) is 63.5 Å². The molecule has 2 heterocycles. The van der Waals surface area contributed by atoms with Gasteiger partial charge in [0.25, 0.3) is 5.91 Å². The number of aryl methyl sites for hydroxylation is 1. The van der Waals surface area contributed by atoms with Crippen molar-refractivity contribution < 1.29 is 14.0 Å². The van der Waals surface area contributed by atoms with Gasteiger partial charge in [-0.15, -0.1) is 11.3 Å². The van der Waals surface area contributed by atoms with Gasteiger partial charge in [-0.2, -0.15) is 0 Å². The van der Waals surface area contributed by atoms with Crippen LogP contribution in [0.4, 0.5) is 10.1 Å². The van der Waals surface area contributed by atoms with Gasteiger partial charge in [0, 0.05) is 28.4 Å². The van der Waals surface area contributed by atoms with E-state index in [4.69, 9.17) is 0 Å². The monoisotopic (exact) mass is 379 g/mol. The fourth-order valence-electron chi connectivity index (χ4n) is 2.81. The summed E-state index contributed by atoms with van der Waals surface area (Å²) in [5.74, 6) is -0.875. The molecule has 4 rings (SSSR count). The van der Waals surface area contributed by atoms with Gasteiger partial charge in [-0.3, -0.25) is 14.0 Å². The molecule has 1 N–H and O–H groups in total. The number of rotatable bonds is 4. The maximum atomic E-state index is 12.9. The van der Waals surface area contributed by atoms with E-state index in [1.165, 1.54) is 35.6 Å². The summed E-state index contributed by atoms with van der Waals surface area (Å²) in [5.41, 5.74) is 2.62. The van der Waals surface area contributed by atoms with Crippen molar-refractivity contribution in [2.24, 2.45) is 0 Å². The summed E-state index contributed by atoms with van der Waals surface area (Å²) in [7, 11) is 0. The molecule has 134 valence electrons. The lowest BCUT2D eigenvalue weighted by Gasteiger charge is -2.07. The lowest BCUT2D eigenvalue weighted by atomic mass is 10.1. The minimum Gasteiger partial charge on any atom is -0.322 e. The molecule has 27 heavy (non-hydrogen) atoms. The Morgan fingerprint density at radius 1 is 1.04 bits per heavy atom. The Morgan fingerprint density at radius 3 is 2.41 bits per heavy atom. The summed E-state index contributed by atoms with van der Waals surface area (Å²) < 4.78 is 14.7. The second kappa shape index (κ2) is 6.77. The summed E-state index contributed by atoms with van der Waals surface area (Å²) in [5, 5.41) is 4.61. The molecule has 0 unspecified atom stereocenters. The number of ketones is 1. The van der Waals surface area contributed by atoms with E-state index < -0.39 is 5.82 Å². The highest BCUT2D eigenvalue weighted by molar-refractivity contribution is 7.15. The van der Waals surface area contributed by atoms with E-state index in [1.54, 1.807) is 28.7 Å². The van der Waals surface area contributed by atoms with E-state index >= 15 is 0 Å². The molecule has 0 atom stereocenters. The Bertz CT molecular complexity index is 1140. The van der Waals surface area contributed by atoms with Gasteiger partial charge >= 0.3 is 0 Å². The van der Waals surface area contributed by atoms with Gasteiger partial charge < -0.3 is 5.32 Å². The van der Waals surface area contributed by atoms with Gasteiger partial charge in [0.15, 0.2) is 4.96 Å². The first-order valence-electron chi connectivity index (χ1n) is 8.17. The highest BCUT2D eigenvalue weighted by Gasteiger charge is 2.19. The zero-order valence-electron chi connectivity index (χ0n) is 14.3. The van der Waals surface area contributed by atoms with Crippen LogP contribution in [0.3, 0.4) is 0 Å². The molecule has 7 heteroatoms. The maximum Gasteiger partial charge on any atom is 0.255 e. The maximum absolute atomic E-state index is 12.9. The molecule has 0 aliphatic rings. The number of carbonyl (C=O) groups excluding carboxylic acids is 2. The van der Waals surface area contributed by atoms with Crippen LogP contribution in [0.2, 0.25) is 0 Å². The van der Waals surface area contributed by atoms with Crippen molar-refractivity contribution in [1.29, 1.82) is 0 Å². The van der Waals surface area contributed by atoms with Crippen LogP contribution in [0, 0.1) is 12.7 Å². The number of nitrogens with zero attached hydrogens (tertiary/aromatic N) is 2. The minimum atomic E-state index is -0.399. The summed E-state index contributed by atoms with van der Waals surface area (Å²) >= 11 is 1.47. The van der Waals surface area contributed by atoms with Gasteiger partial charge in [0.05, 0.1) is 5.69 Å². The molecule has 4 aromatic rings. The smallest absolute Gasteiger partial charge is 0.255 e. The van der Waals surface area contributed by atoms with Crippen LogP contribution < -0.4 is 5.32 Å². The Labute approximate surface area is 158 Å². The standard InChI is InChI=1S/C20H14FN3O2S/c1-12-17(24-10-11-27-20(24)22-12)18(25)13-4-8-16(9-5-13)23-19(26)14-2-6-15(21)7-3-14/h2-11H,1H3,(H,23,26). The summed E-state index contributed by atoms with van der Waals surface area (Å²) in [4.78, 5) is 30.2. The number of aromatic nitrogens is 2. The summed E-state index contributed by atoms with van der Waals surface area (Å²) in [6, 6.07) is 11.9. The van der Waals surface area contributed by atoms with Crippen LogP contribution in [0.5, 0.6) is 0 Å². The first-order chi connectivity index (χ1) is 13.0. The average Bonchev–Trinajstić information content (AvgIpc) is 3.22. The molecule has 0 radical (unpaired) electrons. The largest absolute Gasteiger partial charge is 0.322 e. The van der Waals surface area contributed by atoms with Crippen LogP contribution in [0.25, 0.3) is 4.96 Å². The van der Waals surface area contributed by atoms with Crippen molar-refractivity contribution in [3.63, 3.8) is 0 Å². The first-order valence-corrected chi connectivity index (χ1v) is 9.05. The van der Waals surface area contributed by atoms with E-state index in [-0.39, 0.29) is 11.7 Å². The number of benzene rings is 2. The normalized spacial score (nSPS) is 10.9. The van der Waals surface area contributed by atoms with Crippen LogP contribution >= 0.6 is 11.3 Å². The third-order valence-corrected chi connectivity index (χ3v) is 4.92. The third-order valence-electron chi connectivity index (χ3n) is 4.16. The Hall–Kier alpha value is -3.32. The molecule has 0 saturated heterocycles. The quantitative estimate of drug-likeness (QED) is 0.537. The van der Waals surface area contributed by atoms with Crippen molar-refractivity contribution >= 4 is 33.7 Å². The van der Waals surface area contributed by atoms with Crippen LogP contribution in [-0.4, -0.2) is 21.1 Å². The van der Waals surface area contributed by atoms with E-state index in [2.05, 4.69) is 10.3 Å². The first kappa shape index (κ1) is 17.1. The predicted molar refractivity (Wildman–Crippen MR) is 102 cm³/mol. The number of hydrogen-bond donors (Lipinski definition) is 1. The van der Waals surface area contributed by atoms with Gasteiger partial charge in [0.1, 0.15) is 11.5 Å². The molecular weight excluding hydrogens is 365 g/mol. The number of anilines is 1. The molecule has 1 amide bonds. The van der Waals surface area contributed by atoms with Crippen molar-refractivity contribution in [1.82, 2.24) is 9.38 Å². The van der Waals surface area contributed by atoms with Crippen molar-refractivity contribution in [3.05, 3.63) is 88.4 Å². The van der Waals surface area contributed by atoms with Gasteiger partial charge in [0.2, 0.25) is 5.78 Å². The van der Waals surface area contributed by atoms with Gasteiger partial charge in [-0.1, -0.05) is 0 Å².